The lowest BCUT2D eigenvalue weighted by molar-refractivity contribution is -0.141. The van der Waals surface area contributed by atoms with Gasteiger partial charge in [0.2, 0.25) is 0 Å². The number of esters is 4. The van der Waals surface area contributed by atoms with Gasteiger partial charge in [-0.15, -0.1) is 0 Å². The minimum atomic E-state index is -0.291. The van der Waals surface area contributed by atoms with Crippen LogP contribution in [-0.4, -0.2) is 51.8 Å². The smallest absolute Gasteiger partial charge is 0.337 e. The first-order valence-electron chi connectivity index (χ1n) is 18.4. The topological polar surface area (TPSA) is 105 Å². The Morgan fingerprint density at radius 1 is 0.518 bits per heavy atom. The number of methoxy groups -OCH3 is 3. The minimum absolute atomic E-state index is 0.157. The summed E-state index contributed by atoms with van der Waals surface area (Å²) in [5, 5.41) is 0. The van der Waals surface area contributed by atoms with Gasteiger partial charge in [-0.1, -0.05) is 91.9 Å². The molecule has 0 N–H and O–H groups in total. The Labute approximate surface area is 336 Å². The van der Waals surface area contributed by atoms with Crippen molar-refractivity contribution in [3.63, 3.8) is 0 Å². The number of carbonyl (C=O) groups is 4. The Kier molecular flexibility index (Phi) is 29.5. The summed E-state index contributed by atoms with van der Waals surface area (Å²) in [7, 11) is 4.12. The van der Waals surface area contributed by atoms with Crippen LogP contribution < -0.4 is 0 Å². The van der Waals surface area contributed by atoms with Gasteiger partial charge in [-0.3, -0.25) is 9.59 Å². The van der Waals surface area contributed by atoms with Crippen molar-refractivity contribution < 1.29 is 38.1 Å². The first-order chi connectivity index (χ1) is 26.6. The lowest BCUT2D eigenvalue weighted by Gasteiger charge is -2.05. The molecule has 0 radical (unpaired) electrons. The van der Waals surface area contributed by atoms with E-state index >= 15 is 0 Å². The maximum absolute atomic E-state index is 10.8. The Hall–Kier alpha value is -5.76. The maximum atomic E-state index is 10.8. The van der Waals surface area contributed by atoms with Crippen LogP contribution in [0.15, 0.2) is 97.1 Å². The molecule has 304 valence electrons. The summed E-state index contributed by atoms with van der Waals surface area (Å²) in [4.78, 5) is 41.4. The molecule has 0 bridgehead atoms. The quantitative estimate of drug-likeness (QED) is 0.141. The van der Waals surface area contributed by atoms with Crippen LogP contribution >= 0.6 is 0 Å². The highest BCUT2D eigenvalue weighted by molar-refractivity contribution is 5.89. The monoisotopic (exact) mass is 768 g/mol. The van der Waals surface area contributed by atoms with E-state index in [1.807, 2.05) is 12.1 Å². The van der Waals surface area contributed by atoms with Gasteiger partial charge in [-0.2, -0.15) is 0 Å². The molecule has 0 saturated heterocycles. The molecular formula is C48H64O8. The molecule has 0 aromatic heterocycles. The van der Waals surface area contributed by atoms with Gasteiger partial charge in [0.15, 0.2) is 0 Å². The second-order valence-corrected chi connectivity index (χ2v) is 12.2. The van der Waals surface area contributed by atoms with E-state index in [2.05, 4.69) is 123 Å². The molecule has 56 heavy (non-hydrogen) atoms. The van der Waals surface area contributed by atoms with Crippen LogP contribution in [0.4, 0.5) is 0 Å². The maximum Gasteiger partial charge on any atom is 0.337 e. The van der Waals surface area contributed by atoms with E-state index in [0.717, 1.165) is 0 Å². The molecule has 0 atom stereocenters. The summed E-state index contributed by atoms with van der Waals surface area (Å²) in [6.45, 7) is 22.4. The summed E-state index contributed by atoms with van der Waals surface area (Å²) in [5.74, 6) is -0.950. The number of allylic oxidation sites excluding steroid dienone is 2. The second kappa shape index (κ2) is 31.6. The highest BCUT2D eigenvalue weighted by Gasteiger charge is 2.02. The molecule has 0 spiro atoms. The van der Waals surface area contributed by atoms with Crippen molar-refractivity contribution in [1.82, 2.24) is 0 Å². The molecule has 0 unspecified atom stereocenters. The van der Waals surface area contributed by atoms with Gasteiger partial charge in [0.1, 0.15) is 0 Å². The number of hydrogen-bond acceptors (Lipinski definition) is 8. The normalized spacial score (nSPS) is 9.54. The first kappa shape index (κ1) is 52.3. The van der Waals surface area contributed by atoms with Crippen LogP contribution in [0, 0.1) is 41.5 Å². The predicted molar refractivity (Wildman–Crippen MR) is 231 cm³/mol. The molecule has 4 aromatic carbocycles. The van der Waals surface area contributed by atoms with Crippen molar-refractivity contribution in [2.24, 2.45) is 0 Å². The summed E-state index contributed by atoms with van der Waals surface area (Å²) in [6.07, 6.45) is 8.94. The van der Waals surface area contributed by atoms with Crippen LogP contribution in [0.2, 0.25) is 0 Å². The Bertz CT molecular complexity index is 1670. The van der Waals surface area contributed by atoms with E-state index in [1.54, 1.807) is 62.4 Å². The third-order valence-corrected chi connectivity index (χ3v) is 7.71. The molecule has 0 fully saturated rings. The zero-order valence-electron chi connectivity index (χ0n) is 36.1. The second-order valence-electron chi connectivity index (χ2n) is 12.2. The predicted octanol–water partition coefficient (Wildman–Crippen LogP) is 11.4. The van der Waals surface area contributed by atoms with Gasteiger partial charge < -0.3 is 18.9 Å². The van der Waals surface area contributed by atoms with E-state index in [1.165, 1.54) is 72.8 Å². The van der Waals surface area contributed by atoms with Crippen LogP contribution in [0.25, 0.3) is 12.2 Å². The number of ether oxygens (including phenoxy) is 4. The number of carbonyl (C=O) groups excluding carboxylic acids is 4. The summed E-state index contributed by atoms with van der Waals surface area (Å²) in [6, 6.07) is 26.7. The van der Waals surface area contributed by atoms with Crippen molar-refractivity contribution in [3.05, 3.63) is 153 Å². The largest absolute Gasteiger partial charge is 0.469 e. The van der Waals surface area contributed by atoms with Gasteiger partial charge in [-0.05, 0) is 131 Å². The van der Waals surface area contributed by atoms with E-state index < -0.39 is 0 Å². The molecule has 0 amide bonds. The molecule has 8 nitrogen and oxygen atoms in total. The standard InChI is InChI=1S/2C12H16.2C8H8O2.2C4H8O2/c2*1-5-6-12-8-10(3)9(2)7-11(12)4;2*1-10-8(9)7-5-3-2-4-6-7;1-3-4(5)6-2;1-3-6-4(2)5/h2*5-8H,1-4H3;2*2-6H,1H3;2*3H2,1-2H3/b2*6-5+;;;;. The molecule has 0 heterocycles. The molecule has 0 aliphatic carbocycles. The Morgan fingerprint density at radius 2 is 0.857 bits per heavy atom. The minimum Gasteiger partial charge on any atom is -0.469 e. The fraction of sp³-hybridized carbons (Fsp3) is 0.333. The number of aryl methyl sites for hydroxylation is 6. The fourth-order valence-electron chi connectivity index (χ4n) is 4.42. The van der Waals surface area contributed by atoms with Crippen molar-refractivity contribution in [2.75, 3.05) is 27.9 Å². The van der Waals surface area contributed by atoms with Crippen LogP contribution in [0.3, 0.4) is 0 Å². The molecule has 4 rings (SSSR count). The van der Waals surface area contributed by atoms with Gasteiger partial charge in [0.25, 0.3) is 0 Å². The third-order valence-electron chi connectivity index (χ3n) is 7.71. The van der Waals surface area contributed by atoms with Crippen molar-refractivity contribution in [1.29, 1.82) is 0 Å². The number of rotatable bonds is 6. The van der Waals surface area contributed by atoms with Crippen molar-refractivity contribution in [3.8, 4) is 0 Å². The average molecular weight is 769 g/mol. The van der Waals surface area contributed by atoms with Gasteiger partial charge >= 0.3 is 23.9 Å². The fourth-order valence-corrected chi connectivity index (χ4v) is 4.42. The van der Waals surface area contributed by atoms with Crippen LogP contribution in [-0.2, 0) is 28.5 Å². The third kappa shape index (κ3) is 23.8. The van der Waals surface area contributed by atoms with Gasteiger partial charge in [0, 0.05) is 13.3 Å². The first-order valence-corrected chi connectivity index (χ1v) is 18.4. The Balaban J connectivity index is 0. The zero-order valence-corrected chi connectivity index (χ0v) is 36.1. The van der Waals surface area contributed by atoms with Crippen molar-refractivity contribution >= 4 is 36.0 Å². The molecular weight excluding hydrogens is 705 g/mol. The highest BCUT2D eigenvalue weighted by Crippen LogP contribution is 2.17. The average Bonchev–Trinajstić information content (AvgIpc) is 3.20. The van der Waals surface area contributed by atoms with E-state index in [0.29, 0.717) is 24.2 Å². The van der Waals surface area contributed by atoms with Gasteiger partial charge in [-0.25, -0.2) is 9.59 Å². The lowest BCUT2D eigenvalue weighted by Crippen LogP contribution is -1.99. The number of benzene rings is 4. The van der Waals surface area contributed by atoms with Crippen molar-refractivity contribution in [2.45, 2.75) is 82.6 Å². The summed E-state index contributed by atoms with van der Waals surface area (Å²) in [5.41, 5.74) is 12.0. The summed E-state index contributed by atoms with van der Waals surface area (Å²) < 4.78 is 17.7. The Morgan fingerprint density at radius 3 is 1.07 bits per heavy atom. The lowest BCUT2D eigenvalue weighted by atomic mass is 10.0. The zero-order chi connectivity index (χ0) is 43.1. The SMILES string of the molecule is C/C=C/c1cc(C)c(C)cc1C.C/C=C/c1cc(C)c(C)cc1C.CCC(=O)OC.CCOC(C)=O.COC(=O)c1ccccc1.COC(=O)c1ccccc1. The number of hydrogen-bond donors (Lipinski definition) is 0. The molecule has 4 aromatic rings. The van der Waals surface area contributed by atoms with Crippen LogP contribution in [0.5, 0.6) is 0 Å². The van der Waals surface area contributed by atoms with Gasteiger partial charge in [0.05, 0.1) is 39.1 Å². The van der Waals surface area contributed by atoms with E-state index in [-0.39, 0.29) is 23.9 Å². The van der Waals surface area contributed by atoms with Crippen LogP contribution in [0.1, 0.15) is 106 Å². The van der Waals surface area contributed by atoms with E-state index in [9.17, 15) is 19.2 Å². The summed E-state index contributed by atoms with van der Waals surface area (Å²) >= 11 is 0. The van der Waals surface area contributed by atoms with E-state index in [4.69, 9.17) is 0 Å². The highest BCUT2D eigenvalue weighted by atomic mass is 16.5. The molecule has 0 aliphatic rings. The molecule has 0 saturated carbocycles. The molecule has 8 heteroatoms. The molecule has 0 aliphatic heterocycles.